The zero-order valence-corrected chi connectivity index (χ0v) is 15.4. The van der Waals surface area contributed by atoms with Gasteiger partial charge in [-0.25, -0.2) is 9.97 Å². The number of hydrogen-bond acceptors (Lipinski definition) is 7. The Balaban J connectivity index is 1.68. The standard InChI is InChI=1S/C18H23N5O3/c1-22(2)14(12-5-6-15-16(7-12)26-11-25-15)10-19-17(24)13-8-20-18(21-9-13)23(3)4/h5-9,14H,10-11H2,1-4H3,(H,19,24)/t14-/m0/s1. The summed E-state index contributed by atoms with van der Waals surface area (Å²) in [4.78, 5) is 24.6. The van der Waals surface area contributed by atoms with Crippen molar-refractivity contribution in [1.82, 2.24) is 20.2 Å². The summed E-state index contributed by atoms with van der Waals surface area (Å²) >= 11 is 0. The number of nitrogens with zero attached hydrogens (tertiary/aromatic N) is 4. The van der Waals surface area contributed by atoms with Crippen LogP contribution in [0.3, 0.4) is 0 Å². The molecule has 1 atom stereocenters. The van der Waals surface area contributed by atoms with E-state index < -0.39 is 0 Å². The van der Waals surface area contributed by atoms with E-state index in [1.165, 1.54) is 12.4 Å². The molecule has 0 bridgehead atoms. The maximum Gasteiger partial charge on any atom is 0.254 e. The molecule has 8 nitrogen and oxygen atoms in total. The Morgan fingerprint density at radius 2 is 1.85 bits per heavy atom. The average molecular weight is 357 g/mol. The molecule has 2 heterocycles. The van der Waals surface area contributed by atoms with Crippen molar-refractivity contribution < 1.29 is 14.3 Å². The second-order valence-corrected chi connectivity index (χ2v) is 6.47. The van der Waals surface area contributed by atoms with Gasteiger partial charge in [0, 0.05) is 33.0 Å². The number of rotatable bonds is 6. The number of amides is 1. The van der Waals surface area contributed by atoms with Crippen LogP contribution in [0.1, 0.15) is 22.0 Å². The first-order chi connectivity index (χ1) is 12.5. The Kier molecular flexibility index (Phi) is 5.22. The van der Waals surface area contributed by atoms with Gasteiger partial charge in [0.15, 0.2) is 11.5 Å². The van der Waals surface area contributed by atoms with Crippen molar-refractivity contribution in [3.63, 3.8) is 0 Å². The lowest BCUT2D eigenvalue weighted by Gasteiger charge is -2.25. The lowest BCUT2D eigenvalue weighted by atomic mass is 10.0. The summed E-state index contributed by atoms with van der Waals surface area (Å²) in [6, 6.07) is 5.83. The van der Waals surface area contributed by atoms with Crippen LogP contribution in [0.25, 0.3) is 0 Å². The molecule has 1 aromatic carbocycles. The van der Waals surface area contributed by atoms with Crippen molar-refractivity contribution in [2.75, 3.05) is 46.4 Å². The van der Waals surface area contributed by atoms with E-state index in [2.05, 4.69) is 15.3 Å². The molecule has 8 heteroatoms. The molecule has 0 spiro atoms. The number of nitrogens with one attached hydrogen (secondary N) is 1. The third-order valence-corrected chi connectivity index (χ3v) is 4.16. The molecule has 0 saturated heterocycles. The third kappa shape index (κ3) is 3.85. The van der Waals surface area contributed by atoms with Gasteiger partial charge in [-0.3, -0.25) is 4.79 Å². The van der Waals surface area contributed by atoms with Crippen molar-refractivity contribution in [1.29, 1.82) is 0 Å². The molecule has 0 aliphatic carbocycles. The molecule has 2 aromatic rings. The zero-order valence-electron chi connectivity index (χ0n) is 15.4. The van der Waals surface area contributed by atoms with Crippen molar-refractivity contribution in [2.24, 2.45) is 0 Å². The molecule has 0 saturated carbocycles. The molecule has 0 radical (unpaired) electrons. The van der Waals surface area contributed by atoms with Gasteiger partial charge < -0.3 is 24.6 Å². The fourth-order valence-electron chi connectivity index (χ4n) is 2.68. The van der Waals surface area contributed by atoms with Crippen LogP contribution in [0.2, 0.25) is 0 Å². The number of aromatic nitrogens is 2. The Bertz CT molecular complexity index is 777. The number of carbonyl (C=O) groups is 1. The molecule has 1 N–H and O–H groups in total. The van der Waals surface area contributed by atoms with Gasteiger partial charge in [-0.2, -0.15) is 0 Å². The van der Waals surface area contributed by atoms with Crippen LogP contribution in [-0.2, 0) is 0 Å². The Labute approximate surface area is 152 Å². The molecule has 138 valence electrons. The van der Waals surface area contributed by atoms with Crippen LogP contribution < -0.4 is 19.7 Å². The summed E-state index contributed by atoms with van der Waals surface area (Å²) < 4.78 is 10.8. The lowest BCUT2D eigenvalue weighted by molar-refractivity contribution is 0.0941. The van der Waals surface area contributed by atoms with E-state index in [1.54, 1.807) is 4.90 Å². The number of benzene rings is 1. The minimum Gasteiger partial charge on any atom is -0.454 e. The van der Waals surface area contributed by atoms with Gasteiger partial charge in [0.1, 0.15) is 0 Å². The molecule has 1 aromatic heterocycles. The Hall–Kier alpha value is -2.87. The summed E-state index contributed by atoms with van der Waals surface area (Å²) in [5.74, 6) is 1.83. The van der Waals surface area contributed by atoms with E-state index in [0.717, 1.165) is 17.1 Å². The Morgan fingerprint density at radius 3 is 2.50 bits per heavy atom. The fraction of sp³-hybridized carbons (Fsp3) is 0.389. The number of anilines is 1. The highest BCUT2D eigenvalue weighted by Gasteiger charge is 2.20. The van der Waals surface area contributed by atoms with Gasteiger partial charge in [-0.15, -0.1) is 0 Å². The van der Waals surface area contributed by atoms with Crippen LogP contribution in [-0.4, -0.2) is 62.3 Å². The SMILES string of the molecule is CN(C)c1ncc(C(=O)NC[C@@H](c2ccc3c(c2)OCO3)N(C)C)cn1. The molecular formula is C18H23N5O3. The van der Waals surface area contributed by atoms with Gasteiger partial charge in [0.05, 0.1) is 11.6 Å². The largest absolute Gasteiger partial charge is 0.454 e. The maximum absolute atomic E-state index is 12.4. The minimum atomic E-state index is -0.206. The number of likely N-dealkylation sites (N-methyl/N-ethyl adjacent to an activating group) is 1. The van der Waals surface area contributed by atoms with Crippen LogP contribution in [0.5, 0.6) is 11.5 Å². The van der Waals surface area contributed by atoms with Crippen molar-refractivity contribution >= 4 is 11.9 Å². The molecule has 1 aliphatic heterocycles. The van der Waals surface area contributed by atoms with Gasteiger partial charge in [-0.05, 0) is 31.8 Å². The normalized spacial score (nSPS) is 13.6. The molecule has 26 heavy (non-hydrogen) atoms. The highest BCUT2D eigenvalue weighted by Crippen LogP contribution is 2.34. The van der Waals surface area contributed by atoms with E-state index in [9.17, 15) is 4.79 Å². The average Bonchev–Trinajstić information content (AvgIpc) is 3.09. The van der Waals surface area contributed by atoms with Crippen LogP contribution in [0, 0.1) is 0 Å². The quantitative estimate of drug-likeness (QED) is 0.835. The zero-order chi connectivity index (χ0) is 18.7. The van der Waals surface area contributed by atoms with Gasteiger partial charge in [-0.1, -0.05) is 6.07 Å². The molecule has 0 unspecified atom stereocenters. The molecule has 0 fully saturated rings. The monoisotopic (exact) mass is 357 g/mol. The van der Waals surface area contributed by atoms with Crippen LogP contribution in [0.15, 0.2) is 30.6 Å². The third-order valence-electron chi connectivity index (χ3n) is 4.16. The smallest absolute Gasteiger partial charge is 0.254 e. The summed E-state index contributed by atoms with van der Waals surface area (Å²) in [7, 11) is 7.64. The molecule has 1 aliphatic rings. The van der Waals surface area contributed by atoms with E-state index in [-0.39, 0.29) is 18.7 Å². The Morgan fingerprint density at radius 1 is 1.15 bits per heavy atom. The number of carbonyl (C=O) groups excluding carboxylic acids is 1. The van der Waals surface area contributed by atoms with Gasteiger partial charge >= 0.3 is 0 Å². The van der Waals surface area contributed by atoms with Gasteiger partial charge in [0.25, 0.3) is 5.91 Å². The van der Waals surface area contributed by atoms with E-state index in [4.69, 9.17) is 9.47 Å². The second kappa shape index (κ2) is 7.57. The van der Waals surface area contributed by atoms with Crippen LogP contribution in [0.4, 0.5) is 5.95 Å². The van der Waals surface area contributed by atoms with Crippen LogP contribution >= 0.6 is 0 Å². The summed E-state index contributed by atoms with van der Waals surface area (Å²) in [6.07, 6.45) is 3.06. The predicted octanol–water partition coefficient (Wildman–Crippen LogP) is 1.30. The highest BCUT2D eigenvalue weighted by molar-refractivity contribution is 5.93. The first-order valence-electron chi connectivity index (χ1n) is 8.29. The topological polar surface area (TPSA) is 79.8 Å². The lowest BCUT2D eigenvalue weighted by Crippen LogP contribution is -2.34. The summed E-state index contributed by atoms with van der Waals surface area (Å²) in [5.41, 5.74) is 1.47. The predicted molar refractivity (Wildman–Crippen MR) is 97.7 cm³/mol. The maximum atomic E-state index is 12.4. The van der Waals surface area contributed by atoms with Crippen molar-refractivity contribution in [2.45, 2.75) is 6.04 Å². The minimum absolute atomic E-state index is 0.00424. The van der Waals surface area contributed by atoms with Crippen molar-refractivity contribution in [3.8, 4) is 11.5 Å². The summed E-state index contributed by atoms with van der Waals surface area (Å²) in [6.45, 7) is 0.687. The van der Waals surface area contributed by atoms with Crippen molar-refractivity contribution in [3.05, 3.63) is 41.7 Å². The first kappa shape index (κ1) is 17.9. The highest BCUT2D eigenvalue weighted by atomic mass is 16.7. The summed E-state index contributed by atoms with van der Waals surface area (Å²) in [5, 5.41) is 2.95. The fourth-order valence-corrected chi connectivity index (χ4v) is 2.68. The first-order valence-corrected chi connectivity index (χ1v) is 8.29. The number of fused-ring (bicyclic) bond motifs is 1. The van der Waals surface area contributed by atoms with E-state index in [0.29, 0.717) is 18.1 Å². The number of hydrogen-bond donors (Lipinski definition) is 1. The second-order valence-electron chi connectivity index (χ2n) is 6.47. The molecular weight excluding hydrogens is 334 g/mol. The number of ether oxygens (including phenoxy) is 2. The molecule has 3 rings (SSSR count). The van der Waals surface area contributed by atoms with E-state index >= 15 is 0 Å². The van der Waals surface area contributed by atoms with Gasteiger partial charge in [0.2, 0.25) is 12.7 Å². The van der Waals surface area contributed by atoms with E-state index in [1.807, 2.05) is 51.3 Å². The molecule has 1 amide bonds.